The van der Waals surface area contributed by atoms with Crippen molar-refractivity contribution in [3.8, 4) is 11.3 Å². The molecule has 1 saturated carbocycles. The van der Waals surface area contributed by atoms with Crippen LogP contribution in [0.25, 0.3) is 11.3 Å². The summed E-state index contributed by atoms with van der Waals surface area (Å²) in [6.45, 7) is 2.90. The van der Waals surface area contributed by atoms with Crippen LogP contribution in [-0.4, -0.2) is 0 Å². The number of fused-ring (bicyclic) bond motifs is 3. The van der Waals surface area contributed by atoms with Crippen LogP contribution in [0.4, 0.5) is 8.78 Å². The lowest BCUT2D eigenvalue weighted by atomic mass is 9.75. The number of nitrogens with zero attached hydrogens (tertiary/aromatic N) is 1. The van der Waals surface area contributed by atoms with E-state index in [0.29, 0.717) is 18.0 Å². The zero-order valence-corrected chi connectivity index (χ0v) is 14.2. The molecule has 0 unspecified atom stereocenters. The lowest BCUT2D eigenvalue weighted by Crippen LogP contribution is -2.31. The summed E-state index contributed by atoms with van der Waals surface area (Å²) >= 11 is 0. The highest BCUT2D eigenvalue weighted by Crippen LogP contribution is 2.43. The van der Waals surface area contributed by atoms with Gasteiger partial charge in [0.15, 0.2) is 24.4 Å². The van der Waals surface area contributed by atoms with Gasteiger partial charge < -0.3 is 0 Å². The van der Waals surface area contributed by atoms with Gasteiger partial charge in [0.2, 0.25) is 5.69 Å². The molecule has 126 valence electrons. The van der Waals surface area contributed by atoms with Crippen LogP contribution in [-0.2, 0) is 6.54 Å². The molecule has 1 fully saturated rings. The average Bonchev–Trinajstić information content (AvgIpc) is 2.99. The topological polar surface area (TPSA) is 3.88 Å². The fraction of sp³-hybridized carbons (Fsp3) is 0.476. The first-order chi connectivity index (χ1) is 11.7. The van der Waals surface area contributed by atoms with E-state index in [0.717, 1.165) is 35.6 Å². The summed E-state index contributed by atoms with van der Waals surface area (Å²) < 4.78 is 30.8. The number of hydrogen-bond donors (Lipinski definition) is 0. The van der Waals surface area contributed by atoms with E-state index in [1.807, 2.05) is 29.0 Å². The Morgan fingerprint density at radius 1 is 1.12 bits per heavy atom. The van der Waals surface area contributed by atoms with Crippen LogP contribution >= 0.6 is 0 Å². The highest BCUT2D eigenvalue weighted by atomic mass is 19.2. The van der Waals surface area contributed by atoms with Crippen LogP contribution in [0.5, 0.6) is 0 Å². The Kier molecular flexibility index (Phi) is 4.11. The minimum absolute atomic E-state index is 0.372. The number of pyridine rings is 1. The predicted octanol–water partition coefficient (Wildman–Crippen LogP) is 5.35. The largest absolute Gasteiger partial charge is 0.216 e. The van der Waals surface area contributed by atoms with Crippen molar-refractivity contribution < 1.29 is 13.3 Å². The first-order valence-electron chi connectivity index (χ1n) is 9.18. The first kappa shape index (κ1) is 15.7. The molecule has 0 N–H and O–H groups in total. The summed E-state index contributed by atoms with van der Waals surface area (Å²) in [7, 11) is 0. The van der Waals surface area contributed by atoms with Gasteiger partial charge in [-0.3, -0.25) is 0 Å². The van der Waals surface area contributed by atoms with Gasteiger partial charge in [-0.25, -0.2) is 8.78 Å². The molecule has 3 heteroatoms. The third kappa shape index (κ3) is 2.54. The van der Waals surface area contributed by atoms with Gasteiger partial charge in [-0.15, -0.1) is 0 Å². The van der Waals surface area contributed by atoms with Gasteiger partial charge in [0.1, 0.15) is 0 Å². The number of rotatable bonds is 3. The molecule has 0 bridgehead atoms. The lowest BCUT2D eigenvalue weighted by molar-refractivity contribution is -0.672. The van der Waals surface area contributed by atoms with Gasteiger partial charge in [-0.05, 0) is 55.2 Å². The second-order valence-corrected chi connectivity index (χ2v) is 7.34. The molecule has 1 aliphatic carbocycles. The van der Waals surface area contributed by atoms with E-state index in [9.17, 15) is 8.78 Å². The first-order valence-corrected chi connectivity index (χ1v) is 9.18. The maximum atomic E-state index is 14.5. The Labute approximate surface area is 142 Å². The van der Waals surface area contributed by atoms with Crippen LogP contribution < -0.4 is 4.57 Å². The molecule has 0 saturated heterocycles. The molecule has 24 heavy (non-hydrogen) atoms. The fourth-order valence-electron chi connectivity index (χ4n) is 4.67. The Hall–Kier alpha value is -1.77. The van der Waals surface area contributed by atoms with E-state index >= 15 is 0 Å². The van der Waals surface area contributed by atoms with Crippen molar-refractivity contribution in [2.24, 2.45) is 5.92 Å². The average molecular weight is 328 g/mol. The third-order valence-corrected chi connectivity index (χ3v) is 5.87. The molecule has 0 radical (unpaired) electrons. The fourth-order valence-corrected chi connectivity index (χ4v) is 4.67. The Morgan fingerprint density at radius 2 is 1.92 bits per heavy atom. The summed E-state index contributed by atoms with van der Waals surface area (Å²) in [4.78, 5) is 0. The monoisotopic (exact) mass is 328 g/mol. The highest BCUT2D eigenvalue weighted by molar-refractivity contribution is 5.66. The molecule has 1 aromatic carbocycles. The molecule has 4 rings (SSSR count). The number of halogens is 2. The minimum atomic E-state index is -0.697. The van der Waals surface area contributed by atoms with Crippen LogP contribution in [0.1, 0.15) is 62.5 Å². The zero-order chi connectivity index (χ0) is 16.7. The molecule has 2 heterocycles. The number of benzene rings is 1. The molecule has 1 aliphatic heterocycles. The van der Waals surface area contributed by atoms with E-state index in [1.54, 1.807) is 0 Å². The Bertz CT molecular complexity index is 761. The summed E-state index contributed by atoms with van der Waals surface area (Å²) in [5.41, 5.74) is 3.33. The minimum Gasteiger partial charge on any atom is -0.204 e. The summed E-state index contributed by atoms with van der Waals surface area (Å²) in [5, 5.41) is 0. The van der Waals surface area contributed by atoms with E-state index in [2.05, 4.69) is 6.92 Å². The van der Waals surface area contributed by atoms with Gasteiger partial charge in [0.05, 0.1) is 5.56 Å². The molecule has 0 atom stereocenters. The van der Waals surface area contributed by atoms with Crippen LogP contribution in [0.3, 0.4) is 0 Å². The zero-order valence-electron chi connectivity index (χ0n) is 14.2. The van der Waals surface area contributed by atoms with Crippen molar-refractivity contribution in [3.63, 3.8) is 0 Å². The molecule has 1 aromatic heterocycles. The molecule has 0 amide bonds. The molecule has 0 spiro atoms. The summed E-state index contributed by atoms with van der Waals surface area (Å²) in [5.74, 6) is -0.198. The maximum absolute atomic E-state index is 14.5. The van der Waals surface area contributed by atoms with Crippen molar-refractivity contribution in [2.75, 3.05) is 0 Å². The quantitative estimate of drug-likeness (QED) is 0.570. The normalized spacial score (nSPS) is 22.3. The van der Waals surface area contributed by atoms with Crippen molar-refractivity contribution in [1.29, 1.82) is 0 Å². The summed E-state index contributed by atoms with van der Waals surface area (Å²) in [6, 6.07) is 7.20. The van der Waals surface area contributed by atoms with Crippen LogP contribution in [0, 0.1) is 17.6 Å². The van der Waals surface area contributed by atoms with Crippen LogP contribution in [0.15, 0.2) is 30.5 Å². The van der Waals surface area contributed by atoms with Crippen molar-refractivity contribution in [1.82, 2.24) is 0 Å². The molecular weight excluding hydrogens is 304 g/mol. The van der Waals surface area contributed by atoms with Gasteiger partial charge in [-0.1, -0.05) is 19.8 Å². The van der Waals surface area contributed by atoms with Crippen molar-refractivity contribution >= 4 is 0 Å². The second kappa shape index (κ2) is 6.27. The summed E-state index contributed by atoms with van der Waals surface area (Å²) in [6.07, 6.45) is 9.12. The van der Waals surface area contributed by atoms with Crippen molar-refractivity contribution in [3.05, 3.63) is 53.2 Å². The van der Waals surface area contributed by atoms with Gasteiger partial charge >= 0.3 is 0 Å². The van der Waals surface area contributed by atoms with Gasteiger partial charge in [-0.2, -0.15) is 4.57 Å². The molecule has 1 nitrogen and oxygen atoms in total. The van der Waals surface area contributed by atoms with Gasteiger partial charge in [0, 0.05) is 17.7 Å². The van der Waals surface area contributed by atoms with Crippen LogP contribution in [0.2, 0.25) is 0 Å². The van der Waals surface area contributed by atoms with Crippen molar-refractivity contribution in [2.45, 2.75) is 57.9 Å². The van der Waals surface area contributed by atoms with E-state index in [1.165, 1.54) is 31.7 Å². The number of aromatic nitrogens is 1. The van der Waals surface area contributed by atoms with E-state index in [-0.39, 0.29) is 0 Å². The maximum Gasteiger partial charge on any atom is 0.216 e. The SMILES string of the molecule is CCCC1CCC(c2cc(F)c(F)c3c2C[n+]2ccccc2-3)CC1. The molecular formula is C21H24F2N+. The lowest BCUT2D eigenvalue weighted by Gasteiger charge is -2.29. The predicted molar refractivity (Wildman–Crippen MR) is 90.7 cm³/mol. The number of hydrogen-bond acceptors (Lipinski definition) is 0. The highest BCUT2D eigenvalue weighted by Gasteiger charge is 2.35. The Morgan fingerprint density at radius 3 is 2.67 bits per heavy atom. The standard InChI is InChI=1S/C21H24F2N/c1-2-5-14-7-9-15(10-8-14)16-12-18(22)21(23)20-17(16)13-24-11-4-3-6-19(20)24/h3-4,6,11-12,14-15H,2,5,7-10,13H2,1H3/q+1. The smallest absolute Gasteiger partial charge is 0.204 e. The molecule has 2 aromatic rings. The second-order valence-electron chi connectivity index (χ2n) is 7.34. The van der Waals surface area contributed by atoms with E-state index < -0.39 is 11.6 Å². The Balaban J connectivity index is 1.71. The molecule has 2 aliphatic rings. The van der Waals surface area contributed by atoms with Gasteiger partial charge in [0.25, 0.3) is 0 Å². The third-order valence-electron chi connectivity index (χ3n) is 5.87. The van der Waals surface area contributed by atoms with E-state index in [4.69, 9.17) is 0 Å².